The summed E-state index contributed by atoms with van der Waals surface area (Å²) in [4.78, 5) is 4.40. The smallest absolute Gasteiger partial charge is 0.162 e. The molecule has 3 radical (unpaired) electrons. The van der Waals surface area contributed by atoms with Crippen LogP contribution < -0.4 is 5.51 Å². The van der Waals surface area contributed by atoms with E-state index in [1.54, 1.807) is 0 Å². The van der Waals surface area contributed by atoms with Gasteiger partial charge in [-0.25, -0.2) is 4.98 Å². The van der Waals surface area contributed by atoms with E-state index in [4.69, 9.17) is 4.42 Å². The monoisotopic (exact) mass is 248 g/mol. The fourth-order valence-corrected chi connectivity index (χ4v) is 2.11. The summed E-state index contributed by atoms with van der Waals surface area (Å²) < 4.78 is 5.66. The van der Waals surface area contributed by atoms with Crippen LogP contribution in [0.1, 0.15) is 0 Å². The van der Waals surface area contributed by atoms with Crippen molar-refractivity contribution >= 4 is 15.8 Å². The molecule has 3 aromatic rings. The molecule has 0 saturated carbocycles. The number of rotatable bonds is 2. The maximum Gasteiger partial charge on any atom is 0.162 e. The normalized spacial score (nSPS) is 10.5. The predicted octanol–water partition coefficient (Wildman–Crippen LogP) is 2.80. The summed E-state index contributed by atoms with van der Waals surface area (Å²) >= 11 is 0. The lowest BCUT2D eigenvalue weighted by molar-refractivity contribution is 0.611. The van der Waals surface area contributed by atoms with Crippen LogP contribution in [-0.4, -0.2) is 15.2 Å². The van der Waals surface area contributed by atoms with Crippen molar-refractivity contribution in [2.45, 2.75) is 0 Å². The Morgan fingerprint density at radius 3 is 1.94 bits per heavy atom. The highest BCUT2D eigenvalue weighted by Gasteiger charge is 2.14. The summed E-state index contributed by atoms with van der Waals surface area (Å²) in [5.41, 5.74) is 3.41. The van der Waals surface area contributed by atoms with Gasteiger partial charge in [-0.3, -0.25) is 0 Å². The second-order valence-corrected chi connectivity index (χ2v) is 4.36. The number of oxazole rings is 1. The molecule has 0 amide bonds. The Hall–Kier alpha value is -2.13. The van der Waals surface area contributed by atoms with Gasteiger partial charge in [0.1, 0.15) is 5.69 Å². The minimum atomic E-state index is 0.493. The Labute approximate surface area is 109 Å². The van der Waals surface area contributed by atoms with E-state index in [9.17, 15) is 0 Å². The average Bonchev–Trinajstić information content (AvgIpc) is 2.83. The quantitative estimate of drug-likeness (QED) is 0.652. The lowest BCUT2D eigenvalue weighted by Gasteiger charge is -2.00. The standard InChI is InChI=1S/C15H10NOSi/c18-15-16-13(11-7-3-1-4-8-11)14(17-15)12-9-5-2-6-10-12/h1-10H. The van der Waals surface area contributed by atoms with Gasteiger partial charge in [-0.05, 0) is 0 Å². The van der Waals surface area contributed by atoms with Crippen molar-refractivity contribution in [3.63, 3.8) is 0 Å². The van der Waals surface area contributed by atoms with E-state index in [-0.39, 0.29) is 0 Å². The van der Waals surface area contributed by atoms with E-state index in [1.165, 1.54) is 0 Å². The van der Waals surface area contributed by atoms with Gasteiger partial charge in [0.2, 0.25) is 0 Å². The SMILES string of the molecule is [Si]c1nc(-c2ccccc2)c(-c2ccccc2)o1. The summed E-state index contributed by atoms with van der Waals surface area (Å²) in [7, 11) is 3.35. The Bertz CT molecular complexity index is 590. The first-order valence-corrected chi connectivity index (χ1v) is 6.18. The average molecular weight is 248 g/mol. The molecule has 0 aliphatic rings. The molecule has 18 heavy (non-hydrogen) atoms. The van der Waals surface area contributed by atoms with Gasteiger partial charge in [0.15, 0.2) is 21.5 Å². The highest BCUT2D eigenvalue weighted by molar-refractivity contribution is 6.28. The Morgan fingerprint density at radius 1 is 0.778 bits per heavy atom. The van der Waals surface area contributed by atoms with Crippen molar-refractivity contribution < 1.29 is 4.42 Å². The van der Waals surface area contributed by atoms with Crippen molar-refractivity contribution in [3.8, 4) is 22.6 Å². The molecule has 0 N–H and O–H groups in total. The third-order valence-electron chi connectivity index (χ3n) is 2.71. The fourth-order valence-electron chi connectivity index (χ4n) is 1.90. The second kappa shape index (κ2) is 4.62. The molecule has 0 unspecified atom stereocenters. The third-order valence-corrected chi connectivity index (χ3v) is 2.92. The molecule has 2 nitrogen and oxygen atoms in total. The van der Waals surface area contributed by atoms with Crippen LogP contribution >= 0.6 is 0 Å². The maximum absolute atomic E-state index is 5.66. The van der Waals surface area contributed by atoms with Gasteiger partial charge >= 0.3 is 0 Å². The summed E-state index contributed by atoms with van der Waals surface area (Å²) in [5, 5.41) is 0. The van der Waals surface area contributed by atoms with Crippen LogP contribution in [-0.2, 0) is 0 Å². The lowest BCUT2D eigenvalue weighted by atomic mass is 10.1. The van der Waals surface area contributed by atoms with Crippen molar-refractivity contribution in [1.29, 1.82) is 0 Å². The molecule has 0 spiro atoms. The van der Waals surface area contributed by atoms with Crippen LogP contribution in [0.15, 0.2) is 65.1 Å². The minimum Gasteiger partial charge on any atom is -0.446 e. The van der Waals surface area contributed by atoms with Gasteiger partial charge in [-0.1, -0.05) is 60.7 Å². The first kappa shape index (κ1) is 11.0. The van der Waals surface area contributed by atoms with Gasteiger partial charge < -0.3 is 4.42 Å². The maximum atomic E-state index is 5.66. The molecular weight excluding hydrogens is 238 g/mol. The molecule has 0 aliphatic carbocycles. The van der Waals surface area contributed by atoms with Gasteiger partial charge in [0.25, 0.3) is 0 Å². The number of aromatic nitrogens is 1. The molecule has 2 aromatic carbocycles. The van der Waals surface area contributed by atoms with E-state index < -0.39 is 0 Å². The van der Waals surface area contributed by atoms with Crippen LogP contribution in [0.3, 0.4) is 0 Å². The van der Waals surface area contributed by atoms with E-state index >= 15 is 0 Å². The topological polar surface area (TPSA) is 26.0 Å². The molecule has 3 rings (SSSR count). The summed E-state index contributed by atoms with van der Waals surface area (Å²) in [6, 6.07) is 20.0. The van der Waals surface area contributed by atoms with E-state index in [1.807, 2.05) is 60.7 Å². The molecule has 0 atom stereocenters. The van der Waals surface area contributed by atoms with Gasteiger partial charge in [0, 0.05) is 11.1 Å². The molecule has 1 heterocycles. The van der Waals surface area contributed by atoms with Crippen LogP contribution in [0.25, 0.3) is 22.6 Å². The van der Waals surface area contributed by atoms with Crippen LogP contribution in [0.5, 0.6) is 0 Å². The number of nitrogens with zero attached hydrogens (tertiary/aromatic N) is 1. The number of hydrogen-bond acceptors (Lipinski definition) is 2. The van der Waals surface area contributed by atoms with Crippen molar-refractivity contribution in [2.75, 3.05) is 0 Å². The third kappa shape index (κ3) is 2.00. The fraction of sp³-hybridized carbons (Fsp3) is 0. The molecule has 3 heteroatoms. The Morgan fingerprint density at radius 2 is 1.33 bits per heavy atom. The highest BCUT2D eigenvalue weighted by Crippen LogP contribution is 2.29. The van der Waals surface area contributed by atoms with Crippen LogP contribution in [0.2, 0.25) is 0 Å². The lowest BCUT2D eigenvalue weighted by Crippen LogP contribution is -2.00. The molecule has 0 fully saturated rings. The zero-order chi connectivity index (χ0) is 12.4. The first-order valence-electron chi connectivity index (χ1n) is 5.68. The molecule has 0 saturated heterocycles. The highest BCUT2D eigenvalue weighted by atomic mass is 28.1. The molecule has 1 aromatic heterocycles. The van der Waals surface area contributed by atoms with Gasteiger partial charge in [0.05, 0.1) is 0 Å². The van der Waals surface area contributed by atoms with Gasteiger partial charge in [-0.15, -0.1) is 0 Å². The molecule has 85 valence electrons. The summed E-state index contributed by atoms with van der Waals surface area (Å²) in [6.07, 6.45) is 0. The molecule has 0 bridgehead atoms. The van der Waals surface area contributed by atoms with E-state index in [0.717, 1.165) is 22.6 Å². The Balaban J connectivity index is 2.17. The van der Waals surface area contributed by atoms with E-state index in [2.05, 4.69) is 15.2 Å². The largest absolute Gasteiger partial charge is 0.446 e. The van der Waals surface area contributed by atoms with Crippen molar-refractivity contribution in [1.82, 2.24) is 4.98 Å². The zero-order valence-corrected chi connectivity index (χ0v) is 10.6. The molecular formula is C15H10NOSi. The van der Waals surface area contributed by atoms with Crippen LogP contribution in [0.4, 0.5) is 0 Å². The summed E-state index contributed by atoms with van der Waals surface area (Å²) in [6.45, 7) is 0. The van der Waals surface area contributed by atoms with Gasteiger partial charge in [-0.2, -0.15) is 0 Å². The first-order chi connectivity index (χ1) is 8.84. The second-order valence-electron chi connectivity index (χ2n) is 3.93. The number of benzene rings is 2. The zero-order valence-electron chi connectivity index (χ0n) is 9.63. The van der Waals surface area contributed by atoms with E-state index in [0.29, 0.717) is 5.51 Å². The predicted molar refractivity (Wildman–Crippen MR) is 72.8 cm³/mol. The number of hydrogen-bond donors (Lipinski definition) is 0. The Kier molecular flexibility index (Phi) is 2.82. The summed E-state index contributed by atoms with van der Waals surface area (Å²) in [5.74, 6) is 0.784. The van der Waals surface area contributed by atoms with Crippen LogP contribution in [0, 0.1) is 0 Å². The van der Waals surface area contributed by atoms with Crippen molar-refractivity contribution in [3.05, 3.63) is 60.7 Å². The molecule has 0 aliphatic heterocycles. The minimum absolute atomic E-state index is 0.493. The van der Waals surface area contributed by atoms with Crippen molar-refractivity contribution in [2.24, 2.45) is 0 Å².